The second kappa shape index (κ2) is 12.1. The molecule has 0 spiro atoms. The second-order valence-corrected chi connectivity index (χ2v) is 22.2. The highest BCUT2D eigenvalue weighted by Gasteiger charge is 2.48. The Morgan fingerprint density at radius 1 is 0.414 bits per heavy atom. The molecule has 11 aromatic rings. The fourth-order valence-electron chi connectivity index (χ4n) is 10.6. The first-order valence-electron chi connectivity index (χ1n) is 20.4. The fourth-order valence-corrected chi connectivity index (χ4v) is 12.2. The Morgan fingerprint density at radius 2 is 1.02 bits per heavy atom. The van der Waals surface area contributed by atoms with Crippen LogP contribution in [-0.2, 0) is 5.41 Å². The van der Waals surface area contributed by atoms with Gasteiger partial charge in [-0.15, -0.1) is 0 Å². The molecule has 12 rings (SSSR count). The smallest absolute Gasteiger partial charge is 0.144 e. The molecule has 2 heteroatoms. The predicted octanol–water partition coefficient (Wildman–Crippen LogP) is 14.7. The fraction of sp³-hybridized carbons (Fsp3) is 0.0714. The molecule has 0 aliphatic heterocycles. The Morgan fingerprint density at radius 3 is 1.76 bits per heavy atom. The molecule has 0 saturated heterocycles. The van der Waals surface area contributed by atoms with Crippen molar-refractivity contribution in [2.45, 2.75) is 25.1 Å². The first-order valence-corrected chi connectivity index (χ1v) is 23.9. The van der Waals surface area contributed by atoms with Crippen LogP contribution >= 0.6 is 0 Å². The Hall–Kier alpha value is -6.74. The van der Waals surface area contributed by atoms with E-state index < -0.39 is 13.5 Å². The number of fused-ring (bicyclic) bond motifs is 7. The van der Waals surface area contributed by atoms with Crippen molar-refractivity contribution in [3.05, 3.63) is 210 Å². The van der Waals surface area contributed by atoms with Crippen molar-refractivity contribution < 1.29 is 4.42 Å². The molecule has 0 fully saturated rings. The molecule has 10 aromatic carbocycles. The van der Waals surface area contributed by atoms with Gasteiger partial charge in [0.1, 0.15) is 11.2 Å². The summed E-state index contributed by atoms with van der Waals surface area (Å²) in [7, 11) is -1.67. The summed E-state index contributed by atoms with van der Waals surface area (Å²) < 4.78 is 7.18. The van der Waals surface area contributed by atoms with E-state index in [1.807, 2.05) is 0 Å². The van der Waals surface area contributed by atoms with Crippen LogP contribution in [0.4, 0.5) is 0 Å². The van der Waals surface area contributed by atoms with Crippen molar-refractivity contribution in [1.82, 2.24) is 0 Å². The normalized spacial score (nSPS) is 13.6. The number of benzene rings is 10. The molecule has 58 heavy (non-hydrogen) atoms. The number of rotatable bonds is 5. The van der Waals surface area contributed by atoms with E-state index in [9.17, 15) is 0 Å². The van der Waals surface area contributed by atoms with E-state index in [2.05, 4.69) is 208 Å². The molecule has 0 atom stereocenters. The summed E-state index contributed by atoms with van der Waals surface area (Å²) >= 11 is 0. The van der Waals surface area contributed by atoms with Gasteiger partial charge >= 0.3 is 0 Å². The maximum Gasteiger partial charge on any atom is 0.144 e. The van der Waals surface area contributed by atoms with Gasteiger partial charge in [0.25, 0.3) is 0 Å². The summed E-state index contributed by atoms with van der Waals surface area (Å²) in [6, 6.07) is 70.2. The lowest BCUT2D eigenvalue weighted by Crippen LogP contribution is -2.38. The average molecular weight is 757 g/mol. The minimum Gasteiger partial charge on any atom is -0.455 e. The highest BCUT2D eigenvalue weighted by atomic mass is 28.3. The van der Waals surface area contributed by atoms with Crippen molar-refractivity contribution in [2.24, 2.45) is 0 Å². The molecule has 0 bridgehead atoms. The minimum atomic E-state index is -1.67. The summed E-state index contributed by atoms with van der Waals surface area (Å²) in [5, 5.41) is 11.8. The quantitative estimate of drug-likeness (QED) is 0.126. The van der Waals surface area contributed by atoms with Gasteiger partial charge in [0.05, 0.1) is 13.5 Å². The van der Waals surface area contributed by atoms with Gasteiger partial charge in [0.15, 0.2) is 0 Å². The van der Waals surface area contributed by atoms with Gasteiger partial charge in [-0.3, -0.25) is 0 Å². The van der Waals surface area contributed by atoms with Gasteiger partial charge in [0, 0.05) is 16.3 Å². The van der Waals surface area contributed by atoms with Gasteiger partial charge in [-0.2, -0.15) is 0 Å². The van der Waals surface area contributed by atoms with Gasteiger partial charge < -0.3 is 4.42 Å². The molecule has 274 valence electrons. The van der Waals surface area contributed by atoms with Crippen LogP contribution in [0.15, 0.2) is 192 Å². The van der Waals surface area contributed by atoms with Crippen LogP contribution in [0, 0.1) is 0 Å². The molecule has 1 aromatic heterocycles. The van der Waals surface area contributed by atoms with E-state index in [0.29, 0.717) is 0 Å². The average Bonchev–Trinajstić information content (AvgIpc) is 3.80. The maximum absolute atomic E-state index is 7.18. The van der Waals surface area contributed by atoms with Crippen molar-refractivity contribution in [3.63, 3.8) is 0 Å². The van der Waals surface area contributed by atoms with E-state index in [1.54, 1.807) is 0 Å². The maximum atomic E-state index is 7.18. The highest BCUT2D eigenvalue weighted by molar-refractivity contribution is 6.90. The first kappa shape index (κ1) is 33.4. The molecule has 1 nitrogen and oxygen atoms in total. The lowest BCUT2D eigenvalue weighted by Gasteiger charge is -2.34. The van der Waals surface area contributed by atoms with E-state index in [1.165, 1.54) is 93.1 Å². The molecular weight excluding hydrogens is 717 g/mol. The number of furan rings is 1. The molecule has 0 N–H and O–H groups in total. The topological polar surface area (TPSA) is 13.1 Å². The number of hydrogen-bond acceptors (Lipinski definition) is 1. The van der Waals surface area contributed by atoms with Crippen LogP contribution in [0.2, 0.25) is 19.6 Å². The Balaban J connectivity index is 1.31. The SMILES string of the molecule is C[Si](C)(C)c1ccc2ccc3c(-c4ccccc4)cc(-c4cc5c(c6oc7ccccc7c46)-c4ccccc4C5(c4ccccc4)c4ccccc4)c4ccc1c2c34. The largest absolute Gasteiger partial charge is 0.455 e. The monoisotopic (exact) mass is 756 g/mol. The van der Waals surface area contributed by atoms with Gasteiger partial charge in [-0.25, -0.2) is 0 Å². The second-order valence-electron chi connectivity index (χ2n) is 17.1. The van der Waals surface area contributed by atoms with Crippen LogP contribution < -0.4 is 5.19 Å². The zero-order valence-corrected chi connectivity index (χ0v) is 33.8. The predicted molar refractivity (Wildman–Crippen MR) is 249 cm³/mol. The van der Waals surface area contributed by atoms with Gasteiger partial charge in [0.2, 0.25) is 0 Å². The molecule has 0 radical (unpaired) electrons. The summed E-state index contributed by atoms with van der Waals surface area (Å²) in [4.78, 5) is 0. The van der Waals surface area contributed by atoms with Crippen LogP contribution in [0.25, 0.3) is 87.6 Å². The zero-order chi connectivity index (χ0) is 38.8. The van der Waals surface area contributed by atoms with Gasteiger partial charge in [-0.05, 0) is 101 Å². The molecule has 0 amide bonds. The van der Waals surface area contributed by atoms with Crippen molar-refractivity contribution in [2.75, 3.05) is 0 Å². The van der Waals surface area contributed by atoms with E-state index in [4.69, 9.17) is 4.42 Å². The lowest BCUT2D eigenvalue weighted by molar-refractivity contribution is 0.669. The number of para-hydroxylation sites is 1. The summed E-state index contributed by atoms with van der Waals surface area (Å²) in [5.41, 5.74) is 13.6. The third-order valence-corrected chi connectivity index (χ3v) is 15.1. The molecular formula is C56H40OSi. The zero-order valence-electron chi connectivity index (χ0n) is 32.8. The van der Waals surface area contributed by atoms with Crippen molar-refractivity contribution in [1.29, 1.82) is 0 Å². The summed E-state index contributed by atoms with van der Waals surface area (Å²) in [6.07, 6.45) is 0. The van der Waals surface area contributed by atoms with Crippen LogP contribution in [0.3, 0.4) is 0 Å². The Labute approximate surface area is 339 Å². The molecule has 1 aliphatic rings. The van der Waals surface area contributed by atoms with E-state index >= 15 is 0 Å². The lowest BCUT2D eigenvalue weighted by atomic mass is 9.67. The molecule has 0 saturated carbocycles. The minimum absolute atomic E-state index is 0.575. The standard InChI is InChI=1S/C56H40OSi/c1-58(2,3)50-32-28-36-27-29-39-44(35-17-7-4-8-18-35)33-45(40-30-31-43(50)51(36)52(39)40)46-34-48-54(55-53(46)42-24-14-16-26-49(42)57-55)41-23-13-15-25-47(41)56(48,37-19-9-5-10-20-37)38-21-11-6-12-22-38/h4-34H,1-3H3. The van der Waals surface area contributed by atoms with Crippen LogP contribution in [0.5, 0.6) is 0 Å². The van der Waals surface area contributed by atoms with Crippen molar-refractivity contribution in [3.8, 4) is 33.4 Å². The van der Waals surface area contributed by atoms with E-state index in [0.717, 1.165) is 21.9 Å². The van der Waals surface area contributed by atoms with Gasteiger partial charge in [-0.1, -0.05) is 195 Å². The molecule has 1 heterocycles. The molecule has 1 aliphatic carbocycles. The number of hydrogen-bond donors (Lipinski definition) is 0. The first-order chi connectivity index (χ1) is 28.4. The molecule has 0 unspecified atom stereocenters. The third kappa shape index (κ3) is 4.47. The highest BCUT2D eigenvalue weighted by Crippen LogP contribution is 2.60. The van der Waals surface area contributed by atoms with Crippen molar-refractivity contribution >= 4 is 67.5 Å². The van der Waals surface area contributed by atoms with Crippen LogP contribution in [0.1, 0.15) is 22.3 Å². The summed E-state index contributed by atoms with van der Waals surface area (Å²) in [5.74, 6) is 0. The Bertz CT molecular complexity index is 3370. The summed E-state index contributed by atoms with van der Waals surface area (Å²) in [6.45, 7) is 7.40. The third-order valence-electron chi connectivity index (χ3n) is 13.0. The Kier molecular flexibility index (Phi) is 6.99. The van der Waals surface area contributed by atoms with E-state index in [-0.39, 0.29) is 0 Å². The van der Waals surface area contributed by atoms with Crippen LogP contribution in [-0.4, -0.2) is 8.07 Å².